The van der Waals surface area contributed by atoms with Crippen molar-refractivity contribution in [2.75, 3.05) is 6.54 Å². The lowest BCUT2D eigenvalue weighted by Gasteiger charge is -2.09. The molecule has 0 fully saturated rings. The van der Waals surface area contributed by atoms with Crippen LogP contribution in [0.15, 0.2) is 6.07 Å². The molecule has 6 nitrogen and oxygen atoms in total. The van der Waals surface area contributed by atoms with Crippen LogP contribution in [0, 0.1) is 0 Å². The van der Waals surface area contributed by atoms with Gasteiger partial charge in [0.25, 0.3) is 5.91 Å². The number of hydrogen-bond donors (Lipinski definition) is 2. The molecule has 6 heteroatoms. The van der Waals surface area contributed by atoms with Gasteiger partial charge in [-0.05, 0) is 32.8 Å². The minimum Gasteiger partial charge on any atom is -0.352 e. The molecule has 2 N–H and O–H groups in total. The van der Waals surface area contributed by atoms with E-state index in [0.717, 1.165) is 5.69 Å². The highest BCUT2D eigenvalue weighted by Crippen LogP contribution is 2.14. The molecule has 20 heavy (non-hydrogen) atoms. The summed E-state index contributed by atoms with van der Waals surface area (Å²) in [5, 5.41) is 9.72. The van der Waals surface area contributed by atoms with Crippen LogP contribution in [0.2, 0.25) is 0 Å². The van der Waals surface area contributed by atoms with Gasteiger partial charge in [0.15, 0.2) is 0 Å². The number of hydrogen-bond acceptors (Lipinski definition) is 3. The molecule has 2 amide bonds. The molecule has 0 saturated carbocycles. The summed E-state index contributed by atoms with van der Waals surface area (Å²) < 4.78 is 1.66. The van der Waals surface area contributed by atoms with Gasteiger partial charge in [-0.2, -0.15) is 5.10 Å². The molecule has 1 aromatic rings. The maximum Gasteiger partial charge on any atom is 0.269 e. The third-order valence-electron chi connectivity index (χ3n) is 2.78. The van der Waals surface area contributed by atoms with Crippen LogP contribution in [0.5, 0.6) is 0 Å². The third-order valence-corrected chi connectivity index (χ3v) is 2.78. The van der Waals surface area contributed by atoms with E-state index in [9.17, 15) is 9.59 Å². The summed E-state index contributed by atoms with van der Waals surface area (Å²) >= 11 is 0. The molecular formula is C14H24N4O2. The first-order valence-electron chi connectivity index (χ1n) is 7.00. The van der Waals surface area contributed by atoms with E-state index in [-0.39, 0.29) is 30.3 Å². The van der Waals surface area contributed by atoms with Crippen LogP contribution >= 0.6 is 0 Å². The first kappa shape index (κ1) is 16.2. The van der Waals surface area contributed by atoms with Gasteiger partial charge in [-0.25, -0.2) is 0 Å². The Bertz CT molecular complexity index is 478. The van der Waals surface area contributed by atoms with E-state index in [0.29, 0.717) is 12.2 Å². The number of aromatic nitrogens is 2. The number of carbonyl (C=O) groups excluding carboxylic acids is 2. The molecule has 1 aromatic heterocycles. The Morgan fingerprint density at radius 2 is 1.95 bits per heavy atom. The third kappa shape index (κ3) is 4.36. The Balaban J connectivity index is 2.70. The topological polar surface area (TPSA) is 76.0 Å². The highest BCUT2D eigenvalue weighted by Gasteiger charge is 2.16. The molecule has 0 aliphatic carbocycles. The highest BCUT2D eigenvalue weighted by atomic mass is 16.2. The normalized spacial score (nSPS) is 10.9. The summed E-state index contributed by atoms with van der Waals surface area (Å²) in [7, 11) is 0. The predicted octanol–water partition coefficient (Wildman–Crippen LogP) is 1.28. The van der Waals surface area contributed by atoms with E-state index in [1.165, 1.54) is 0 Å². The van der Waals surface area contributed by atoms with Crippen molar-refractivity contribution in [2.24, 2.45) is 0 Å². The minimum absolute atomic E-state index is 0.0249. The smallest absolute Gasteiger partial charge is 0.269 e. The molecule has 0 aliphatic rings. The molecule has 0 spiro atoms. The number of carbonyl (C=O) groups is 2. The van der Waals surface area contributed by atoms with Crippen LogP contribution in [0.4, 0.5) is 0 Å². The zero-order chi connectivity index (χ0) is 15.3. The number of amides is 2. The average Bonchev–Trinajstić information content (AvgIpc) is 2.79. The zero-order valence-electron chi connectivity index (χ0n) is 12.9. The van der Waals surface area contributed by atoms with Crippen LogP contribution in [0.3, 0.4) is 0 Å². The van der Waals surface area contributed by atoms with Crippen molar-refractivity contribution < 1.29 is 9.59 Å². The van der Waals surface area contributed by atoms with Crippen LogP contribution in [-0.2, 0) is 11.3 Å². The van der Waals surface area contributed by atoms with Gasteiger partial charge < -0.3 is 10.6 Å². The van der Waals surface area contributed by atoms with Gasteiger partial charge in [-0.1, -0.05) is 13.8 Å². The summed E-state index contributed by atoms with van der Waals surface area (Å²) in [5.74, 6) is -0.205. The Morgan fingerprint density at radius 1 is 1.30 bits per heavy atom. The van der Waals surface area contributed by atoms with E-state index in [1.807, 2.05) is 34.6 Å². The second-order valence-electron chi connectivity index (χ2n) is 5.33. The molecule has 0 unspecified atom stereocenters. The quantitative estimate of drug-likeness (QED) is 0.824. The lowest BCUT2D eigenvalue weighted by atomic mass is 10.1. The van der Waals surface area contributed by atoms with Crippen molar-refractivity contribution >= 4 is 11.8 Å². The number of nitrogens with one attached hydrogen (secondary N) is 2. The fraction of sp³-hybridized carbons (Fsp3) is 0.643. The fourth-order valence-corrected chi connectivity index (χ4v) is 1.77. The first-order valence-corrected chi connectivity index (χ1v) is 7.00. The molecule has 0 saturated heterocycles. The maximum atomic E-state index is 12.1. The largest absolute Gasteiger partial charge is 0.352 e. The van der Waals surface area contributed by atoms with Gasteiger partial charge in [-0.3, -0.25) is 14.3 Å². The Morgan fingerprint density at radius 3 is 2.45 bits per heavy atom. The highest BCUT2D eigenvalue weighted by molar-refractivity contribution is 5.95. The van der Waals surface area contributed by atoms with E-state index >= 15 is 0 Å². The Labute approximate surface area is 119 Å². The second-order valence-corrected chi connectivity index (χ2v) is 5.33. The SMILES string of the molecule is CCn1nc(C(C)C)cc1C(=O)NCC(=O)NC(C)C. The minimum atomic E-state index is -0.273. The average molecular weight is 280 g/mol. The molecular weight excluding hydrogens is 256 g/mol. The van der Waals surface area contributed by atoms with Gasteiger partial charge in [-0.15, -0.1) is 0 Å². The molecule has 0 atom stereocenters. The lowest BCUT2D eigenvalue weighted by Crippen LogP contribution is -2.40. The van der Waals surface area contributed by atoms with Crippen LogP contribution in [0.25, 0.3) is 0 Å². The first-order chi connectivity index (χ1) is 9.35. The van der Waals surface area contributed by atoms with Gasteiger partial charge in [0.2, 0.25) is 5.91 Å². The van der Waals surface area contributed by atoms with Crippen molar-refractivity contribution in [2.45, 2.75) is 53.1 Å². The Kier molecular flexibility index (Phi) is 5.73. The van der Waals surface area contributed by atoms with Crippen molar-refractivity contribution in [3.63, 3.8) is 0 Å². The van der Waals surface area contributed by atoms with E-state index in [2.05, 4.69) is 15.7 Å². The van der Waals surface area contributed by atoms with Crippen molar-refractivity contribution in [3.8, 4) is 0 Å². The summed E-state index contributed by atoms with van der Waals surface area (Å²) in [4.78, 5) is 23.6. The molecule has 1 rings (SSSR count). The Hall–Kier alpha value is -1.85. The number of nitrogens with zero attached hydrogens (tertiary/aromatic N) is 2. The lowest BCUT2D eigenvalue weighted by molar-refractivity contribution is -0.120. The van der Waals surface area contributed by atoms with Crippen LogP contribution in [0.1, 0.15) is 56.7 Å². The summed E-state index contributed by atoms with van der Waals surface area (Å²) in [6.07, 6.45) is 0. The van der Waals surface area contributed by atoms with Gasteiger partial charge in [0.05, 0.1) is 12.2 Å². The molecule has 0 aromatic carbocycles. The summed E-state index contributed by atoms with van der Waals surface area (Å²) in [6.45, 7) is 10.3. The van der Waals surface area contributed by atoms with Crippen molar-refractivity contribution in [1.82, 2.24) is 20.4 Å². The van der Waals surface area contributed by atoms with Crippen molar-refractivity contribution in [1.29, 1.82) is 0 Å². The predicted molar refractivity (Wildman–Crippen MR) is 77.6 cm³/mol. The van der Waals surface area contributed by atoms with E-state index < -0.39 is 0 Å². The second kappa shape index (κ2) is 7.07. The van der Waals surface area contributed by atoms with E-state index in [1.54, 1.807) is 10.7 Å². The summed E-state index contributed by atoms with van der Waals surface area (Å²) in [5.41, 5.74) is 1.37. The molecule has 0 bridgehead atoms. The van der Waals surface area contributed by atoms with Gasteiger partial charge in [0.1, 0.15) is 5.69 Å². The maximum absolute atomic E-state index is 12.1. The standard InChI is InChI=1S/C14H24N4O2/c1-6-18-12(7-11(17-18)9(2)3)14(20)15-8-13(19)16-10(4)5/h7,9-10H,6,8H2,1-5H3,(H,15,20)(H,16,19). The van der Waals surface area contributed by atoms with Crippen molar-refractivity contribution in [3.05, 3.63) is 17.5 Å². The van der Waals surface area contributed by atoms with Crippen LogP contribution < -0.4 is 10.6 Å². The van der Waals surface area contributed by atoms with Gasteiger partial charge >= 0.3 is 0 Å². The molecule has 112 valence electrons. The monoisotopic (exact) mass is 280 g/mol. The van der Waals surface area contributed by atoms with Gasteiger partial charge in [0, 0.05) is 12.6 Å². The molecule has 0 radical (unpaired) electrons. The van der Waals surface area contributed by atoms with E-state index in [4.69, 9.17) is 0 Å². The summed E-state index contributed by atoms with van der Waals surface area (Å²) in [6, 6.07) is 1.84. The number of aryl methyl sites for hydroxylation is 1. The van der Waals surface area contributed by atoms with Crippen LogP contribution in [-0.4, -0.2) is 34.2 Å². The zero-order valence-corrected chi connectivity index (χ0v) is 12.9. The molecule has 1 heterocycles. The fourth-order valence-electron chi connectivity index (χ4n) is 1.77. The molecule has 0 aliphatic heterocycles. The number of rotatable bonds is 6.